The molecule has 1 aromatic rings. The number of benzene rings is 1. The van der Waals surface area contributed by atoms with Crippen LogP contribution in [0.15, 0.2) is 24.3 Å². The van der Waals surface area contributed by atoms with Crippen molar-refractivity contribution in [2.24, 2.45) is 0 Å². The molecule has 268 valence electrons. The van der Waals surface area contributed by atoms with E-state index in [2.05, 4.69) is 0 Å². The maximum atomic E-state index is 10.6. The molecule has 0 amide bonds. The van der Waals surface area contributed by atoms with Gasteiger partial charge in [-0.25, -0.2) is 0 Å². The van der Waals surface area contributed by atoms with Crippen molar-refractivity contribution in [1.82, 2.24) is 0 Å². The summed E-state index contributed by atoms with van der Waals surface area (Å²) < 4.78 is 64.8. The van der Waals surface area contributed by atoms with Gasteiger partial charge in [0.2, 0.25) is 0 Å². The molecule has 1 N–H and O–H groups in total. The zero-order chi connectivity index (χ0) is 33.0. The van der Waals surface area contributed by atoms with Crippen LogP contribution in [0.5, 0.6) is 5.75 Å². The Hall–Kier alpha value is -2.06. The monoisotopic (exact) mass is 667 g/mol. The quantitative estimate of drug-likeness (QED) is 0.0607. The van der Waals surface area contributed by atoms with Crippen molar-refractivity contribution < 1.29 is 66.9 Å². The van der Waals surface area contributed by atoms with E-state index in [0.29, 0.717) is 158 Å². The van der Waals surface area contributed by atoms with E-state index in [1.54, 1.807) is 12.1 Å². The Morgan fingerprint density at radius 2 is 0.652 bits per heavy atom. The summed E-state index contributed by atoms with van der Waals surface area (Å²) in [6, 6.07) is 5.90. The molecule has 0 aliphatic carbocycles. The Balaban J connectivity index is 1.65. The minimum Gasteiger partial charge on any atom is -0.491 e. The van der Waals surface area contributed by atoms with Crippen LogP contribution >= 0.6 is 0 Å². The van der Waals surface area contributed by atoms with Crippen LogP contribution in [0.2, 0.25) is 0 Å². The van der Waals surface area contributed by atoms with E-state index in [1.807, 2.05) is 0 Å². The number of nitrogens with zero attached hydrogens (tertiary/aromatic N) is 1. The Morgan fingerprint density at radius 1 is 0.413 bits per heavy atom. The molecule has 0 spiro atoms. The van der Waals surface area contributed by atoms with Crippen LogP contribution in [0.4, 0.5) is 5.69 Å². The van der Waals surface area contributed by atoms with E-state index in [4.69, 9.17) is 61.9 Å². The van der Waals surface area contributed by atoms with Crippen LogP contribution in [0, 0.1) is 10.1 Å². The Labute approximate surface area is 271 Å². The summed E-state index contributed by atoms with van der Waals surface area (Å²) in [5.41, 5.74) is 0.0236. The zero-order valence-corrected chi connectivity index (χ0v) is 26.9. The van der Waals surface area contributed by atoms with Crippen LogP contribution in [0.3, 0.4) is 0 Å². The fourth-order valence-corrected chi connectivity index (χ4v) is 3.25. The summed E-state index contributed by atoms with van der Waals surface area (Å²) in [5.74, 6) is 0.554. The Bertz CT molecular complexity index is 775. The van der Waals surface area contributed by atoms with Gasteiger partial charge in [-0.1, -0.05) is 0 Å². The molecule has 1 rings (SSSR count). The number of hydrogen-bond donors (Lipinski definition) is 1. The molecular formula is C30H53NO15. The average molecular weight is 668 g/mol. The smallest absolute Gasteiger partial charge is 0.269 e. The first-order valence-electron chi connectivity index (χ1n) is 15.6. The lowest BCUT2D eigenvalue weighted by Crippen LogP contribution is -2.15. The molecular weight excluding hydrogens is 614 g/mol. The van der Waals surface area contributed by atoms with Crippen LogP contribution < -0.4 is 4.74 Å². The van der Waals surface area contributed by atoms with Crippen LogP contribution in [0.25, 0.3) is 0 Å². The molecule has 1 aromatic carbocycles. The van der Waals surface area contributed by atoms with Gasteiger partial charge in [0, 0.05) is 12.1 Å². The molecule has 0 aromatic heterocycles. The Morgan fingerprint density at radius 3 is 0.891 bits per heavy atom. The highest BCUT2D eigenvalue weighted by molar-refractivity contribution is 5.35. The van der Waals surface area contributed by atoms with E-state index < -0.39 is 4.92 Å². The highest BCUT2D eigenvalue weighted by atomic mass is 16.6. The van der Waals surface area contributed by atoms with Crippen molar-refractivity contribution in [2.45, 2.75) is 0 Å². The summed E-state index contributed by atoms with van der Waals surface area (Å²) in [6.07, 6.45) is 0. The largest absolute Gasteiger partial charge is 0.491 e. The molecule has 0 atom stereocenters. The molecule has 0 radical (unpaired) electrons. The lowest BCUT2D eigenvalue weighted by molar-refractivity contribution is -0.384. The van der Waals surface area contributed by atoms with Crippen LogP contribution in [0.1, 0.15) is 0 Å². The molecule has 0 saturated carbocycles. The van der Waals surface area contributed by atoms with Gasteiger partial charge in [0.1, 0.15) is 12.4 Å². The minimum atomic E-state index is -0.454. The molecule has 0 unspecified atom stereocenters. The van der Waals surface area contributed by atoms with E-state index >= 15 is 0 Å². The first-order valence-corrected chi connectivity index (χ1v) is 15.6. The van der Waals surface area contributed by atoms with Gasteiger partial charge in [0.25, 0.3) is 5.69 Å². The number of rotatable bonds is 37. The van der Waals surface area contributed by atoms with Crippen molar-refractivity contribution in [3.8, 4) is 5.75 Å². The number of aliphatic hydroxyl groups is 1. The van der Waals surface area contributed by atoms with Gasteiger partial charge < -0.3 is 61.9 Å². The highest BCUT2D eigenvalue weighted by Gasteiger charge is 2.04. The number of ether oxygens (including phenoxy) is 12. The van der Waals surface area contributed by atoms with Gasteiger partial charge in [-0.05, 0) is 12.1 Å². The average Bonchev–Trinajstić information content (AvgIpc) is 3.06. The van der Waals surface area contributed by atoms with Crippen molar-refractivity contribution in [3.05, 3.63) is 34.4 Å². The van der Waals surface area contributed by atoms with Gasteiger partial charge in [0.05, 0.1) is 157 Å². The molecule has 16 nitrogen and oxygen atoms in total. The molecule has 0 aliphatic heterocycles. The number of hydrogen-bond acceptors (Lipinski definition) is 15. The third kappa shape index (κ3) is 29.3. The number of nitro benzene ring substituents is 1. The second-order valence-electron chi connectivity index (χ2n) is 9.06. The lowest BCUT2D eigenvalue weighted by atomic mass is 10.3. The third-order valence-electron chi connectivity index (χ3n) is 5.50. The standard InChI is InChI=1S/C30H53NO15/c32-5-6-35-7-8-36-9-10-37-11-12-38-13-14-39-15-16-40-17-18-41-19-20-42-21-22-43-23-24-44-25-26-45-27-28-46-30-3-1-29(2-4-30)31(33)34/h1-4,32H,5-28H2. The second-order valence-corrected chi connectivity index (χ2v) is 9.06. The fourth-order valence-electron chi connectivity index (χ4n) is 3.25. The number of non-ortho nitro benzene ring substituents is 1. The minimum absolute atomic E-state index is 0.0191. The summed E-state index contributed by atoms with van der Waals surface area (Å²) in [5, 5.41) is 19.2. The lowest BCUT2D eigenvalue weighted by Gasteiger charge is -2.09. The molecule has 0 heterocycles. The first-order chi connectivity index (χ1) is 22.7. The SMILES string of the molecule is O=[N+]([O-])c1ccc(OCCOCCOCCOCCOCCOCCOCCOCCOCCOCCOCCOCCO)cc1. The first kappa shape index (κ1) is 42.0. The van der Waals surface area contributed by atoms with E-state index in [0.717, 1.165) is 0 Å². The van der Waals surface area contributed by atoms with Crippen LogP contribution in [-0.2, 0) is 52.1 Å². The predicted molar refractivity (Wildman–Crippen MR) is 165 cm³/mol. The molecule has 0 saturated heterocycles. The molecule has 0 fully saturated rings. The fraction of sp³-hybridized carbons (Fsp3) is 0.800. The van der Waals surface area contributed by atoms with Gasteiger partial charge in [-0.15, -0.1) is 0 Å². The summed E-state index contributed by atoms with van der Waals surface area (Å²) >= 11 is 0. The third-order valence-corrected chi connectivity index (χ3v) is 5.50. The second kappa shape index (κ2) is 34.3. The van der Waals surface area contributed by atoms with Gasteiger partial charge in [-0.2, -0.15) is 0 Å². The molecule has 46 heavy (non-hydrogen) atoms. The van der Waals surface area contributed by atoms with Crippen molar-refractivity contribution in [3.63, 3.8) is 0 Å². The van der Waals surface area contributed by atoms with Gasteiger partial charge in [-0.3, -0.25) is 10.1 Å². The van der Waals surface area contributed by atoms with Crippen molar-refractivity contribution in [1.29, 1.82) is 0 Å². The van der Waals surface area contributed by atoms with E-state index in [-0.39, 0.29) is 12.3 Å². The Kier molecular flexibility index (Phi) is 31.3. The van der Waals surface area contributed by atoms with Crippen molar-refractivity contribution in [2.75, 3.05) is 159 Å². The maximum absolute atomic E-state index is 10.6. The van der Waals surface area contributed by atoms with Gasteiger partial charge in [0.15, 0.2) is 0 Å². The van der Waals surface area contributed by atoms with Crippen molar-refractivity contribution >= 4 is 5.69 Å². The summed E-state index contributed by atoms with van der Waals surface area (Å²) in [6.45, 7) is 10.7. The number of aliphatic hydroxyl groups excluding tert-OH is 1. The zero-order valence-electron chi connectivity index (χ0n) is 26.9. The molecule has 0 bridgehead atoms. The van der Waals surface area contributed by atoms with E-state index in [1.165, 1.54) is 12.1 Å². The van der Waals surface area contributed by atoms with E-state index in [9.17, 15) is 10.1 Å². The molecule has 16 heteroatoms. The molecule has 0 aliphatic rings. The maximum Gasteiger partial charge on any atom is 0.269 e. The predicted octanol–water partition coefficient (Wildman–Crippen LogP) is 1.15. The summed E-state index contributed by atoms with van der Waals surface area (Å²) in [7, 11) is 0. The normalized spacial score (nSPS) is 11.3. The summed E-state index contributed by atoms with van der Waals surface area (Å²) in [4.78, 5) is 10.2. The van der Waals surface area contributed by atoms with Gasteiger partial charge >= 0.3 is 0 Å². The van der Waals surface area contributed by atoms with Crippen LogP contribution in [-0.4, -0.2) is 169 Å². The number of nitro groups is 1. The highest BCUT2D eigenvalue weighted by Crippen LogP contribution is 2.17. The topological polar surface area (TPSA) is 174 Å².